The van der Waals surface area contributed by atoms with Crippen molar-refractivity contribution in [3.63, 3.8) is 0 Å². The van der Waals surface area contributed by atoms with E-state index in [4.69, 9.17) is 0 Å². The lowest BCUT2D eigenvalue weighted by Crippen LogP contribution is -2.44. The number of amides is 2. The number of rotatable bonds is 3. The van der Waals surface area contributed by atoms with Crippen molar-refractivity contribution in [2.75, 3.05) is 13.1 Å². The van der Waals surface area contributed by atoms with Crippen molar-refractivity contribution in [2.24, 2.45) is 0 Å². The first kappa shape index (κ1) is 20.1. The first-order valence-electron chi connectivity index (χ1n) is 9.78. The van der Waals surface area contributed by atoms with Crippen LogP contribution in [-0.2, 0) is 6.54 Å². The number of carbonyl (C=O) groups excluding carboxylic acids is 2. The molecule has 0 spiro atoms. The Hall–Kier alpha value is -3.23. The second kappa shape index (κ2) is 7.55. The van der Waals surface area contributed by atoms with Crippen LogP contribution in [0.1, 0.15) is 57.3 Å². The molecule has 2 aliphatic rings. The maximum atomic E-state index is 14.0. The van der Waals surface area contributed by atoms with Gasteiger partial charge in [0, 0.05) is 31.4 Å². The minimum atomic E-state index is -1.07. The van der Waals surface area contributed by atoms with E-state index in [1.165, 1.54) is 29.8 Å². The third-order valence-electron chi connectivity index (χ3n) is 5.78. The van der Waals surface area contributed by atoms with Crippen LogP contribution < -0.4 is 10.7 Å². The van der Waals surface area contributed by atoms with Crippen LogP contribution >= 0.6 is 0 Å². The molecule has 1 aromatic heterocycles. The number of halogens is 2. The molecule has 0 aliphatic carbocycles. The third kappa shape index (κ3) is 3.24. The first-order valence-corrected chi connectivity index (χ1v) is 9.78. The zero-order chi connectivity index (χ0) is 21.6. The molecule has 0 radical (unpaired) electrons. The number of hydrogen-bond acceptors (Lipinski definition) is 4. The van der Waals surface area contributed by atoms with Crippen LogP contribution in [0.3, 0.4) is 0 Å². The summed E-state index contributed by atoms with van der Waals surface area (Å²) in [5, 5.41) is 12.8. The fraction of sp³-hybridized carbons (Fsp3) is 0.381. The second-order valence-electron chi connectivity index (χ2n) is 7.73. The Labute approximate surface area is 170 Å². The van der Waals surface area contributed by atoms with Crippen molar-refractivity contribution in [3.05, 3.63) is 62.6 Å². The number of fused-ring (bicyclic) bond motifs is 4. The van der Waals surface area contributed by atoms with E-state index in [2.05, 4.69) is 5.32 Å². The molecule has 2 aromatic rings. The summed E-state index contributed by atoms with van der Waals surface area (Å²) in [6, 6.07) is 2.59. The summed E-state index contributed by atoms with van der Waals surface area (Å²) in [5.41, 5.74) is -1.36. The lowest BCUT2D eigenvalue weighted by Gasteiger charge is -2.34. The molecule has 30 heavy (non-hydrogen) atoms. The normalized spacial score (nSPS) is 18.0. The molecule has 0 saturated carbocycles. The number of aromatic hydroxyl groups is 1. The largest absolute Gasteiger partial charge is 0.503 e. The Morgan fingerprint density at radius 1 is 1.23 bits per heavy atom. The molecule has 1 atom stereocenters. The topological polar surface area (TPSA) is 91.6 Å². The second-order valence-corrected chi connectivity index (χ2v) is 7.73. The number of benzene rings is 1. The predicted molar refractivity (Wildman–Crippen MR) is 103 cm³/mol. The lowest BCUT2D eigenvalue weighted by atomic mass is 10.1. The number of nitrogens with zero attached hydrogens (tertiary/aromatic N) is 2. The molecule has 9 heteroatoms. The van der Waals surface area contributed by atoms with E-state index in [-0.39, 0.29) is 35.0 Å². The Morgan fingerprint density at radius 3 is 2.77 bits per heavy atom. The third-order valence-corrected chi connectivity index (χ3v) is 5.78. The molecule has 2 N–H and O–H groups in total. The molecule has 2 bridgehead atoms. The maximum Gasteiger partial charge on any atom is 0.274 e. The zero-order valence-corrected chi connectivity index (χ0v) is 16.4. The smallest absolute Gasteiger partial charge is 0.274 e. The van der Waals surface area contributed by atoms with Gasteiger partial charge in [-0.25, -0.2) is 8.78 Å². The summed E-state index contributed by atoms with van der Waals surface area (Å²) in [6.07, 6.45) is 3.73. The molecular formula is C21H21F2N3O4. The van der Waals surface area contributed by atoms with Gasteiger partial charge in [0.2, 0.25) is 5.43 Å². The van der Waals surface area contributed by atoms with E-state index in [0.717, 1.165) is 19.3 Å². The van der Waals surface area contributed by atoms with Crippen LogP contribution in [0.5, 0.6) is 5.75 Å². The van der Waals surface area contributed by atoms with Crippen LogP contribution in [0, 0.1) is 18.6 Å². The molecule has 1 saturated heterocycles. The van der Waals surface area contributed by atoms with E-state index < -0.39 is 34.6 Å². The summed E-state index contributed by atoms with van der Waals surface area (Å²) in [6.45, 7) is 2.10. The SMILES string of the molecule is Cc1ccc(CNC(=O)c2cn3c(c(O)c2=O)C(=O)N2CCCCC3C2)c(F)c1F. The van der Waals surface area contributed by atoms with Gasteiger partial charge >= 0.3 is 0 Å². The average molecular weight is 417 g/mol. The minimum absolute atomic E-state index is 0.0664. The predicted octanol–water partition coefficient (Wildman–Crippen LogP) is 2.25. The van der Waals surface area contributed by atoms with Crippen molar-refractivity contribution < 1.29 is 23.5 Å². The quantitative estimate of drug-likeness (QED) is 0.802. The Bertz CT molecular complexity index is 1110. The lowest BCUT2D eigenvalue weighted by molar-refractivity contribution is 0.0677. The number of carbonyl (C=O) groups is 2. The molecule has 7 nitrogen and oxygen atoms in total. The van der Waals surface area contributed by atoms with Crippen LogP contribution in [0.2, 0.25) is 0 Å². The van der Waals surface area contributed by atoms with Gasteiger partial charge in [0.1, 0.15) is 5.56 Å². The summed E-state index contributed by atoms with van der Waals surface area (Å²) in [7, 11) is 0. The standard InChI is InChI=1S/C21H21F2N3O4/c1-11-5-6-12(16(23)15(11)22)8-24-20(29)14-10-26-13-4-2-3-7-25(9-13)21(30)17(26)19(28)18(14)27/h5-6,10,13,28H,2-4,7-9H2,1H3,(H,24,29). The molecule has 2 aliphatic heterocycles. The number of aromatic nitrogens is 1. The summed E-state index contributed by atoms with van der Waals surface area (Å²) >= 11 is 0. The molecule has 2 amide bonds. The maximum absolute atomic E-state index is 14.0. The molecule has 1 aromatic carbocycles. The van der Waals surface area contributed by atoms with E-state index in [1.54, 1.807) is 4.90 Å². The highest BCUT2D eigenvalue weighted by Crippen LogP contribution is 2.31. The van der Waals surface area contributed by atoms with E-state index in [0.29, 0.717) is 13.1 Å². The van der Waals surface area contributed by atoms with E-state index in [1.807, 2.05) is 0 Å². The summed E-state index contributed by atoms with van der Waals surface area (Å²) < 4.78 is 29.3. The van der Waals surface area contributed by atoms with Crippen molar-refractivity contribution >= 4 is 11.8 Å². The minimum Gasteiger partial charge on any atom is -0.503 e. The van der Waals surface area contributed by atoms with Crippen molar-refractivity contribution in [1.82, 2.24) is 14.8 Å². The fourth-order valence-corrected chi connectivity index (χ4v) is 4.06. The zero-order valence-electron chi connectivity index (χ0n) is 16.4. The van der Waals surface area contributed by atoms with Gasteiger partial charge in [-0.3, -0.25) is 14.4 Å². The van der Waals surface area contributed by atoms with Crippen LogP contribution in [0.25, 0.3) is 0 Å². The van der Waals surface area contributed by atoms with E-state index in [9.17, 15) is 28.3 Å². The fourth-order valence-electron chi connectivity index (χ4n) is 4.06. The molecule has 3 heterocycles. The number of hydrogen-bond donors (Lipinski definition) is 2. The van der Waals surface area contributed by atoms with Gasteiger partial charge in [-0.1, -0.05) is 12.1 Å². The number of nitrogens with one attached hydrogen (secondary N) is 1. The van der Waals surface area contributed by atoms with Gasteiger partial charge in [0.05, 0.1) is 6.04 Å². The van der Waals surface area contributed by atoms with Gasteiger partial charge in [-0.05, 0) is 31.7 Å². The summed E-state index contributed by atoms with van der Waals surface area (Å²) in [5.74, 6) is -4.10. The highest BCUT2D eigenvalue weighted by molar-refractivity contribution is 5.99. The molecule has 1 fully saturated rings. The van der Waals surface area contributed by atoms with Gasteiger partial charge < -0.3 is 19.9 Å². The molecular weight excluding hydrogens is 396 g/mol. The highest BCUT2D eigenvalue weighted by Gasteiger charge is 2.36. The van der Waals surface area contributed by atoms with E-state index >= 15 is 0 Å². The Balaban J connectivity index is 1.66. The number of aryl methyl sites for hydroxylation is 1. The van der Waals surface area contributed by atoms with Crippen LogP contribution in [0.4, 0.5) is 8.78 Å². The molecule has 158 valence electrons. The highest BCUT2D eigenvalue weighted by atomic mass is 19.2. The van der Waals surface area contributed by atoms with Crippen LogP contribution in [0.15, 0.2) is 23.1 Å². The first-order chi connectivity index (χ1) is 14.3. The van der Waals surface area contributed by atoms with Gasteiger partial charge in [-0.15, -0.1) is 0 Å². The van der Waals surface area contributed by atoms with Gasteiger partial charge in [0.15, 0.2) is 23.1 Å². The Morgan fingerprint density at radius 2 is 2.00 bits per heavy atom. The molecule has 4 rings (SSSR count). The average Bonchev–Trinajstić information content (AvgIpc) is 2.95. The van der Waals surface area contributed by atoms with Crippen molar-refractivity contribution in [1.29, 1.82) is 0 Å². The van der Waals surface area contributed by atoms with Gasteiger partial charge in [0.25, 0.3) is 11.8 Å². The number of pyridine rings is 1. The summed E-state index contributed by atoms with van der Waals surface area (Å²) in [4.78, 5) is 39.5. The van der Waals surface area contributed by atoms with Crippen LogP contribution in [-0.4, -0.2) is 39.5 Å². The van der Waals surface area contributed by atoms with Gasteiger partial charge in [-0.2, -0.15) is 0 Å². The monoisotopic (exact) mass is 417 g/mol. The van der Waals surface area contributed by atoms with Crippen molar-refractivity contribution in [3.8, 4) is 5.75 Å². The molecule has 1 unspecified atom stereocenters. The Kier molecular flexibility index (Phi) is 5.05. The van der Waals surface area contributed by atoms with Crippen molar-refractivity contribution in [2.45, 2.75) is 38.8 Å².